The summed E-state index contributed by atoms with van der Waals surface area (Å²) in [5, 5.41) is 8.82. The van der Waals surface area contributed by atoms with Crippen LogP contribution in [0.5, 0.6) is 0 Å². The molecule has 0 spiro atoms. The number of likely N-dealkylation sites (N-methyl/N-ethyl adjacent to an activating group) is 1. The summed E-state index contributed by atoms with van der Waals surface area (Å²) in [6.07, 6.45) is 1.36. The van der Waals surface area contributed by atoms with E-state index in [1.165, 1.54) is 11.4 Å². The monoisotopic (exact) mass is 239 g/mol. The molecule has 0 amide bonds. The van der Waals surface area contributed by atoms with E-state index >= 15 is 0 Å². The summed E-state index contributed by atoms with van der Waals surface area (Å²) in [5.74, 6) is 0. The van der Waals surface area contributed by atoms with Crippen molar-refractivity contribution in [2.24, 2.45) is 0 Å². The van der Waals surface area contributed by atoms with Gasteiger partial charge >= 0.3 is 0 Å². The zero-order chi connectivity index (χ0) is 12.1. The standard InChI is InChI=1S/C9H21NO4S/c1-8(2)14-9(5-6-11)7-10(3)15(4,12)13/h8-9,11H,5-7H2,1-4H3. The third-order valence-corrected chi connectivity index (χ3v) is 3.22. The Balaban J connectivity index is 4.28. The van der Waals surface area contributed by atoms with E-state index in [1.54, 1.807) is 0 Å². The maximum Gasteiger partial charge on any atom is 0.211 e. The van der Waals surface area contributed by atoms with Crippen molar-refractivity contribution in [3.63, 3.8) is 0 Å². The van der Waals surface area contributed by atoms with Crippen molar-refractivity contribution in [3.05, 3.63) is 0 Å². The fourth-order valence-corrected chi connectivity index (χ4v) is 1.59. The lowest BCUT2D eigenvalue weighted by Gasteiger charge is -2.24. The smallest absolute Gasteiger partial charge is 0.211 e. The minimum Gasteiger partial charge on any atom is -0.396 e. The number of hydrogen-bond acceptors (Lipinski definition) is 4. The van der Waals surface area contributed by atoms with Gasteiger partial charge in [-0.1, -0.05) is 0 Å². The van der Waals surface area contributed by atoms with E-state index in [9.17, 15) is 8.42 Å². The van der Waals surface area contributed by atoms with Crippen LogP contribution in [0.25, 0.3) is 0 Å². The van der Waals surface area contributed by atoms with Gasteiger partial charge in [-0.15, -0.1) is 0 Å². The molecule has 0 saturated carbocycles. The summed E-state index contributed by atoms with van der Waals surface area (Å²) in [6.45, 7) is 4.03. The molecule has 0 bridgehead atoms. The predicted molar refractivity (Wildman–Crippen MR) is 59.2 cm³/mol. The molecule has 1 atom stereocenters. The van der Waals surface area contributed by atoms with Crippen LogP contribution in [0.1, 0.15) is 20.3 Å². The maximum absolute atomic E-state index is 11.2. The van der Waals surface area contributed by atoms with Crippen LogP contribution in [0.3, 0.4) is 0 Å². The van der Waals surface area contributed by atoms with Crippen molar-refractivity contribution in [2.75, 3.05) is 26.5 Å². The van der Waals surface area contributed by atoms with E-state index in [-0.39, 0.29) is 25.4 Å². The molecule has 0 aromatic heterocycles. The third-order valence-electron chi connectivity index (χ3n) is 1.94. The molecular formula is C9H21NO4S. The molecule has 0 aliphatic rings. The highest BCUT2D eigenvalue weighted by molar-refractivity contribution is 7.88. The van der Waals surface area contributed by atoms with Crippen LogP contribution < -0.4 is 0 Å². The van der Waals surface area contributed by atoms with Gasteiger partial charge in [-0.05, 0) is 20.3 Å². The maximum atomic E-state index is 11.2. The Hall–Kier alpha value is -0.170. The van der Waals surface area contributed by atoms with Gasteiger partial charge in [0.25, 0.3) is 0 Å². The second-order valence-corrected chi connectivity index (χ2v) is 5.95. The van der Waals surface area contributed by atoms with Gasteiger partial charge in [0.15, 0.2) is 0 Å². The molecular weight excluding hydrogens is 218 g/mol. The van der Waals surface area contributed by atoms with Gasteiger partial charge in [0.1, 0.15) is 0 Å². The largest absolute Gasteiger partial charge is 0.396 e. The van der Waals surface area contributed by atoms with Crippen LogP contribution in [-0.4, -0.2) is 56.5 Å². The molecule has 1 N–H and O–H groups in total. The van der Waals surface area contributed by atoms with Gasteiger partial charge in [0.2, 0.25) is 10.0 Å². The number of hydrogen-bond donors (Lipinski definition) is 1. The van der Waals surface area contributed by atoms with Gasteiger partial charge < -0.3 is 9.84 Å². The molecule has 0 heterocycles. The Morgan fingerprint density at radius 2 is 1.93 bits per heavy atom. The molecule has 0 saturated heterocycles. The zero-order valence-corrected chi connectivity index (χ0v) is 10.6. The number of aliphatic hydroxyl groups is 1. The molecule has 0 aromatic carbocycles. The first kappa shape index (κ1) is 14.8. The molecule has 6 heteroatoms. The second kappa shape index (κ2) is 6.42. The first-order valence-corrected chi connectivity index (χ1v) is 6.79. The first-order valence-electron chi connectivity index (χ1n) is 4.95. The predicted octanol–water partition coefficient (Wildman–Crippen LogP) is 0.0538. The first-order chi connectivity index (χ1) is 6.77. The molecule has 0 radical (unpaired) electrons. The number of sulfonamides is 1. The van der Waals surface area contributed by atoms with Crippen molar-refractivity contribution in [1.29, 1.82) is 0 Å². The molecule has 92 valence electrons. The van der Waals surface area contributed by atoms with E-state index in [0.29, 0.717) is 6.42 Å². The Morgan fingerprint density at radius 3 is 2.27 bits per heavy atom. The summed E-state index contributed by atoms with van der Waals surface area (Å²) in [4.78, 5) is 0. The van der Waals surface area contributed by atoms with Crippen LogP contribution in [0, 0.1) is 0 Å². The number of rotatable bonds is 7. The third kappa shape index (κ3) is 6.83. The fourth-order valence-electron chi connectivity index (χ4n) is 1.15. The minimum absolute atomic E-state index is 0.00497. The lowest BCUT2D eigenvalue weighted by molar-refractivity contribution is -0.0112. The molecule has 5 nitrogen and oxygen atoms in total. The average molecular weight is 239 g/mol. The number of aliphatic hydroxyl groups excluding tert-OH is 1. The molecule has 0 aromatic rings. The average Bonchev–Trinajstić information content (AvgIpc) is 2.01. The van der Waals surface area contributed by atoms with Crippen molar-refractivity contribution in [1.82, 2.24) is 4.31 Å². The van der Waals surface area contributed by atoms with E-state index in [1.807, 2.05) is 13.8 Å². The Labute approximate surface area is 92.1 Å². The second-order valence-electron chi connectivity index (χ2n) is 3.86. The molecule has 0 fully saturated rings. The lowest BCUT2D eigenvalue weighted by atomic mass is 10.2. The van der Waals surface area contributed by atoms with Gasteiger partial charge in [-0.2, -0.15) is 0 Å². The highest BCUT2D eigenvalue weighted by Crippen LogP contribution is 2.06. The van der Waals surface area contributed by atoms with Crippen molar-refractivity contribution in [2.45, 2.75) is 32.5 Å². The summed E-state index contributed by atoms with van der Waals surface area (Å²) >= 11 is 0. The van der Waals surface area contributed by atoms with Gasteiger partial charge in [0, 0.05) is 20.2 Å². The van der Waals surface area contributed by atoms with Crippen LogP contribution in [-0.2, 0) is 14.8 Å². The van der Waals surface area contributed by atoms with Crippen LogP contribution >= 0.6 is 0 Å². The summed E-state index contributed by atoms with van der Waals surface area (Å²) < 4.78 is 29.1. The van der Waals surface area contributed by atoms with Crippen LogP contribution in [0.4, 0.5) is 0 Å². The van der Waals surface area contributed by atoms with Gasteiger partial charge in [-0.25, -0.2) is 12.7 Å². The molecule has 1 unspecified atom stereocenters. The van der Waals surface area contributed by atoms with E-state index in [2.05, 4.69) is 0 Å². The number of ether oxygens (including phenoxy) is 1. The SMILES string of the molecule is CC(C)OC(CCO)CN(C)S(C)(=O)=O. The minimum atomic E-state index is -3.18. The highest BCUT2D eigenvalue weighted by atomic mass is 32.2. The normalized spacial score (nSPS) is 14.9. The molecule has 0 aliphatic carbocycles. The summed E-state index contributed by atoms with van der Waals surface area (Å²) in [5.41, 5.74) is 0. The van der Waals surface area contributed by atoms with Crippen LogP contribution in [0.2, 0.25) is 0 Å². The van der Waals surface area contributed by atoms with E-state index in [0.717, 1.165) is 6.26 Å². The topological polar surface area (TPSA) is 66.8 Å². The highest BCUT2D eigenvalue weighted by Gasteiger charge is 2.18. The molecule has 0 rings (SSSR count). The fraction of sp³-hybridized carbons (Fsp3) is 1.00. The van der Waals surface area contributed by atoms with Crippen molar-refractivity contribution in [3.8, 4) is 0 Å². The van der Waals surface area contributed by atoms with Crippen LogP contribution in [0.15, 0.2) is 0 Å². The zero-order valence-electron chi connectivity index (χ0n) is 9.80. The molecule has 0 aliphatic heterocycles. The quantitative estimate of drug-likeness (QED) is 0.682. The Bertz CT molecular complexity index is 263. The van der Waals surface area contributed by atoms with Crippen molar-refractivity contribution >= 4 is 10.0 Å². The van der Waals surface area contributed by atoms with Crippen molar-refractivity contribution < 1.29 is 18.3 Å². The number of nitrogens with zero attached hydrogens (tertiary/aromatic N) is 1. The Kier molecular flexibility index (Phi) is 6.35. The Morgan fingerprint density at radius 1 is 1.40 bits per heavy atom. The van der Waals surface area contributed by atoms with Gasteiger partial charge in [0.05, 0.1) is 18.5 Å². The van der Waals surface area contributed by atoms with E-state index < -0.39 is 10.0 Å². The van der Waals surface area contributed by atoms with Gasteiger partial charge in [-0.3, -0.25) is 0 Å². The summed E-state index contributed by atoms with van der Waals surface area (Å²) in [7, 11) is -1.68. The lowest BCUT2D eigenvalue weighted by Crippen LogP contribution is -2.36. The molecule has 15 heavy (non-hydrogen) atoms. The summed E-state index contributed by atoms with van der Waals surface area (Å²) in [6, 6.07) is 0. The van der Waals surface area contributed by atoms with E-state index in [4.69, 9.17) is 9.84 Å².